The zero-order valence-electron chi connectivity index (χ0n) is 11.5. The van der Waals surface area contributed by atoms with E-state index >= 15 is 0 Å². The van der Waals surface area contributed by atoms with Gasteiger partial charge in [-0.25, -0.2) is 4.98 Å². The van der Waals surface area contributed by atoms with Crippen molar-refractivity contribution in [3.63, 3.8) is 0 Å². The van der Waals surface area contributed by atoms with Crippen molar-refractivity contribution >= 4 is 27.3 Å². The monoisotopic (exact) mass is 342 g/mol. The predicted octanol–water partition coefficient (Wildman–Crippen LogP) is 4.40. The molecule has 2 heterocycles. The Kier molecular flexibility index (Phi) is 5.19. The molecule has 1 atom stereocenters. The summed E-state index contributed by atoms with van der Waals surface area (Å²) in [6.45, 7) is 7.33. The molecule has 0 aliphatic rings. The molecule has 0 spiro atoms. The van der Waals surface area contributed by atoms with E-state index in [2.05, 4.69) is 47.0 Å². The van der Waals surface area contributed by atoms with E-state index in [1.54, 1.807) is 11.3 Å². The third-order valence-corrected chi connectivity index (χ3v) is 4.55. The van der Waals surface area contributed by atoms with Gasteiger partial charge in [-0.05, 0) is 54.9 Å². The standard InChI is InChI=1S/C14H19BrN2OS/c1-4-7-16-11(12-5-6-13(15)18-12)8-14-17-9(2)10(3)19-14/h5-6,11,16H,4,7-8H2,1-3H3. The van der Waals surface area contributed by atoms with Gasteiger partial charge in [0.25, 0.3) is 0 Å². The lowest BCUT2D eigenvalue weighted by Crippen LogP contribution is -2.23. The van der Waals surface area contributed by atoms with Gasteiger partial charge < -0.3 is 9.73 Å². The van der Waals surface area contributed by atoms with Crippen LogP contribution in [0, 0.1) is 13.8 Å². The third kappa shape index (κ3) is 3.91. The largest absolute Gasteiger partial charge is 0.453 e. The number of aryl methyl sites for hydroxylation is 2. The van der Waals surface area contributed by atoms with Crippen LogP contribution in [0.25, 0.3) is 0 Å². The Bertz CT molecular complexity index is 516. The van der Waals surface area contributed by atoms with E-state index < -0.39 is 0 Å². The SMILES string of the molecule is CCCNC(Cc1nc(C)c(C)s1)c1ccc(Br)o1. The lowest BCUT2D eigenvalue weighted by molar-refractivity contribution is 0.399. The summed E-state index contributed by atoms with van der Waals surface area (Å²) in [5.74, 6) is 0.964. The van der Waals surface area contributed by atoms with Crippen LogP contribution in [0.1, 0.15) is 40.7 Å². The first-order valence-corrected chi connectivity index (χ1v) is 8.12. The Labute approximate surface area is 126 Å². The molecule has 1 unspecified atom stereocenters. The van der Waals surface area contributed by atoms with Crippen molar-refractivity contribution in [1.29, 1.82) is 0 Å². The smallest absolute Gasteiger partial charge is 0.169 e. The number of hydrogen-bond acceptors (Lipinski definition) is 4. The maximum Gasteiger partial charge on any atom is 0.169 e. The molecule has 19 heavy (non-hydrogen) atoms. The summed E-state index contributed by atoms with van der Waals surface area (Å²) in [5, 5.41) is 4.69. The fraction of sp³-hybridized carbons (Fsp3) is 0.500. The molecule has 2 rings (SSSR count). The van der Waals surface area contributed by atoms with Gasteiger partial charge >= 0.3 is 0 Å². The highest BCUT2D eigenvalue weighted by Gasteiger charge is 2.17. The molecular formula is C14H19BrN2OS. The maximum atomic E-state index is 5.68. The maximum absolute atomic E-state index is 5.68. The second-order valence-electron chi connectivity index (χ2n) is 4.60. The van der Waals surface area contributed by atoms with Crippen molar-refractivity contribution in [2.45, 2.75) is 39.7 Å². The summed E-state index contributed by atoms with van der Waals surface area (Å²) in [4.78, 5) is 5.91. The highest BCUT2D eigenvalue weighted by molar-refractivity contribution is 9.10. The number of nitrogens with zero attached hydrogens (tertiary/aromatic N) is 1. The molecule has 0 amide bonds. The zero-order valence-corrected chi connectivity index (χ0v) is 13.9. The molecule has 0 aliphatic heterocycles. The van der Waals surface area contributed by atoms with E-state index in [1.165, 1.54) is 4.88 Å². The molecule has 2 aromatic heterocycles. The summed E-state index contributed by atoms with van der Waals surface area (Å²) in [6, 6.07) is 4.15. The number of rotatable bonds is 6. The average Bonchev–Trinajstić information content (AvgIpc) is 2.92. The lowest BCUT2D eigenvalue weighted by atomic mass is 10.1. The van der Waals surface area contributed by atoms with Crippen LogP contribution in [0.15, 0.2) is 21.2 Å². The zero-order chi connectivity index (χ0) is 13.8. The van der Waals surface area contributed by atoms with Crippen LogP contribution in [0.4, 0.5) is 0 Å². The van der Waals surface area contributed by atoms with Gasteiger partial charge in [-0.15, -0.1) is 11.3 Å². The molecule has 0 bridgehead atoms. The molecular weight excluding hydrogens is 324 g/mol. The van der Waals surface area contributed by atoms with Gasteiger partial charge in [-0.1, -0.05) is 6.92 Å². The fourth-order valence-corrected chi connectivity index (χ4v) is 3.21. The van der Waals surface area contributed by atoms with Crippen molar-refractivity contribution in [2.24, 2.45) is 0 Å². The second-order valence-corrected chi connectivity index (χ2v) is 6.67. The fourth-order valence-electron chi connectivity index (χ4n) is 1.91. The van der Waals surface area contributed by atoms with E-state index in [1.807, 2.05) is 12.1 Å². The number of aromatic nitrogens is 1. The predicted molar refractivity (Wildman–Crippen MR) is 82.7 cm³/mol. The van der Waals surface area contributed by atoms with Gasteiger partial charge in [0.15, 0.2) is 4.67 Å². The highest BCUT2D eigenvalue weighted by Crippen LogP contribution is 2.26. The van der Waals surface area contributed by atoms with Gasteiger partial charge in [0.1, 0.15) is 5.76 Å². The molecule has 5 heteroatoms. The molecule has 104 valence electrons. The number of nitrogens with one attached hydrogen (secondary N) is 1. The lowest BCUT2D eigenvalue weighted by Gasteiger charge is -2.14. The Hall–Kier alpha value is -0.650. The summed E-state index contributed by atoms with van der Waals surface area (Å²) in [6.07, 6.45) is 1.98. The van der Waals surface area contributed by atoms with Crippen molar-refractivity contribution in [1.82, 2.24) is 10.3 Å². The van der Waals surface area contributed by atoms with Crippen molar-refractivity contribution in [3.8, 4) is 0 Å². The number of halogens is 1. The van der Waals surface area contributed by atoms with Crippen molar-refractivity contribution in [2.75, 3.05) is 6.54 Å². The Morgan fingerprint density at radius 1 is 1.42 bits per heavy atom. The highest BCUT2D eigenvalue weighted by atomic mass is 79.9. The van der Waals surface area contributed by atoms with Crippen LogP contribution in [-0.4, -0.2) is 11.5 Å². The number of furan rings is 1. The van der Waals surface area contributed by atoms with E-state index in [9.17, 15) is 0 Å². The van der Waals surface area contributed by atoms with Crippen LogP contribution in [0.2, 0.25) is 0 Å². The Balaban J connectivity index is 2.13. The van der Waals surface area contributed by atoms with Crippen LogP contribution in [0.3, 0.4) is 0 Å². The van der Waals surface area contributed by atoms with E-state index in [4.69, 9.17) is 4.42 Å². The second kappa shape index (κ2) is 6.68. The van der Waals surface area contributed by atoms with Crippen LogP contribution in [-0.2, 0) is 6.42 Å². The van der Waals surface area contributed by atoms with Crippen molar-refractivity contribution < 1.29 is 4.42 Å². The molecule has 1 N–H and O–H groups in total. The van der Waals surface area contributed by atoms with Crippen molar-refractivity contribution in [3.05, 3.63) is 38.1 Å². The van der Waals surface area contributed by atoms with E-state index in [-0.39, 0.29) is 6.04 Å². The average molecular weight is 343 g/mol. The molecule has 0 saturated heterocycles. The molecule has 0 aliphatic carbocycles. The third-order valence-electron chi connectivity index (χ3n) is 3.03. The molecule has 2 aromatic rings. The topological polar surface area (TPSA) is 38.1 Å². The van der Waals surface area contributed by atoms with Gasteiger partial charge in [-0.2, -0.15) is 0 Å². The first kappa shape index (κ1) is 14.8. The summed E-state index contributed by atoms with van der Waals surface area (Å²) >= 11 is 5.14. The Morgan fingerprint density at radius 3 is 2.74 bits per heavy atom. The molecule has 3 nitrogen and oxygen atoms in total. The summed E-state index contributed by atoms with van der Waals surface area (Å²) in [7, 11) is 0. The molecule has 0 saturated carbocycles. The van der Waals surface area contributed by atoms with Gasteiger partial charge in [-0.3, -0.25) is 0 Å². The normalized spacial score (nSPS) is 12.8. The Morgan fingerprint density at radius 2 is 2.21 bits per heavy atom. The van der Waals surface area contributed by atoms with Crippen LogP contribution in [0.5, 0.6) is 0 Å². The van der Waals surface area contributed by atoms with E-state index in [0.29, 0.717) is 0 Å². The summed E-state index contributed by atoms with van der Waals surface area (Å²) < 4.78 is 6.46. The number of thiazole rings is 1. The minimum Gasteiger partial charge on any atom is -0.453 e. The minimum absolute atomic E-state index is 0.191. The summed E-state index contributed by atoms with van der Waals surface area (Å²) in [5.41, 5.74) is 1.13. The van der Waals surface area contributed by atoms with Crippen LogP contribution < -0.4 is 5.32 Å². The van der Waals surface area contributed by atoms with Crippen LogP contribution >= 0.6 is 27.3 Å². The number of hydrogen-bond donors (Lipinski definition) is 1. The minimum atomic E-state index is 0.191. The molecule has 0 fully saturated rings. The molecule has 0 radical (unpaired) electrons. The van der Waals surface area contributed by atoms with Gasteiger partial charge in [0, 0.05) is 11.3 Å². The molecule has 0 aromatic carbocycles. The first-order chi connectivity index (χ1) is 9.10. The quantitative estimate of drug-likeness (QED) is 0.845. The van der Waals surface area contributed by atoms with Gasteiger partial charge in [0.2, 0.25) is 0 Å². The first-order valence-electron chi connectivity index (χ1n) is 6.51. The van der Waals surface area contributed by atoms with E-state index in [0.717, 1.165) is 40.5 Å². The van der Waals surface area contributed by atoms with Gasteiger partial charge in [0.05, 0.1) is 16.7 Å².